The maximum atomic E-state index is 11.8. The lowest BCUT2D eigenvalue weighted by Crippen LogP contribution is -2.17. The highest BCUT2D eigenvalue weighted by atomic mass is 35.5. The third-order valence-electron chi connectivity index (χ3n) is 2.81. The first kappa shape index (κ1) is 15.8. The highest BCUT2D eigenvalue weighted by Gasteiger charge is 2.12. The van der Waals surface area contributed by atoms with Crippen molar-refractivity contribution in [2.75, 3.05) is 14.2 Å². The predicted molar refractivity (Wildman–Crippen MR) is 83.9 cm³/mol. The van der Waals surface area contributed by atoms with E-state index < -0.39 is 0 Å². The van der Waals surface area contributed by atoms with Gasteiger partial charge in [-0.2, -0.15) is 5.10 Å². The summed E-state index contributed by atoms with van der Waals surface area (Å²) in [6, 6.07) is 6.73. The van der Waals surface area contributed by atoms with Gasteiger partial charge in [-0.15, -0.1) is 0 Å². The molecule has 0 saturated carbocycles. The fraction of sp³-hybridized carbons (Fsp3) is 0.133. The highest BCUT2D eigenvalue weighted by Crippen LogP contribution is 2.36. The Hall–Kier alpha value is -2.60. The van der Waals surface area contributed by atoms with Gasteiger partial charge in [-0.3, -0.25) is 9.78 Å². The van der Waals surface area contributed by atoms with E-state index in [4.69, 9.17) is 21.1 Å². The van der Waals surface area contributed by atoms with Crippen LogP contribution in [0.1, 0.15) is 15.9 Å². The Balaban J connectivity index is 2.12. The van der Waals surface area contributed by atoms with Crippen LogP contribution >= 0.6 is 11.6 Å². The molecule has 1 heterocycles. The average Bonchev–Trinajstić information content (AvgIpc) is 2.56. The second kappa shape index (κ2) is 7.42. The fourth-order valence-electron chi connectivity index (χ4n) is 1.73. The number of hydrazone groups is 1. The first-order chi connectivity index (χ1) is 10.7. The number of carbonyl (C=O) groups is 1. The van der Waals surface area contributed by atoms with E-state index in [1.54, 1.807) is 30.5 Å². The Morgan fingerprint density at radius 1 is 1.32 bits per heavy atom. The van der Waals surface area contributed by atoms with Crippen molar-refractivity contribution in [3.8, 4) is 11.5 Å². The summed E-state index contributed by atoms with van der Waals surface area (Å²) in [5.41, 5.74) is 3.40. The molecule has 0 saturated heterocycles. The summed E-state index contributed by atoms with van der Waals surface area (Å²) < 4.78 is 10.3. The number of carbonyl (C=O) groups excluding carboxylic acids is 1. The number of benzene rings is 1. The molecular formula is C15H14ClN3O3. The van der Waals surface area contributed by atoms with Crippen molar-refractivity contribution in [1.29, 1.82) is 0 Å². The van der Waals surface area contributed by atoms with Crippen LogP contribution in [0.3, 0.4) is 0 Å². The van der Waals surface area contributed by atoms with E-state index in [0.29, 0.717) is 27.6 Å². The second-order valence-corrected chi connectivity index (χ2v) is 4.52. The molecule has 2 rings (SSSR count). The van der Waals surface area contributed by atoms with E-state index in [2.05, 4.69) is 15.5 Å². The van der Waals surface area contributed by atoms with Crippen molar-refractivity contribution in [3.63, 3.8) is 0 Å². The lowest BCUT2D eigenvalue weighted by atomic mass is 10.2. The Morgan fingerprint density at radius 2 is 2.14 bits per heavy atom. The Bertz CT molecular complexity index is 690. The first-order valence-corrected chi connectivity index (χ1v) is 6.69. The largest absolute Gasteiger partial charge is 0.493 e. The van der Waals surface area contributed by atoms with Crippen molar-refractivity contribution < 1.29 is 14.3 Å². The molecule has 2 aromatic rings. The summed E-state index contributed by atoms with van der Waals surface area (Å²) in [6.07, 6.45) is 4.47. The van der Waals surface area contributed by atoms with Crippen LogP contribution in [-0.2, 0) is 0 Å². The van der Waals surface area contributed by atoms with Crippen LogP contribution in [0.4, 0.5) is 0 Å². The first-order valence-electron chi connectivity index (χ1n) is 6.31. The lowest BCUT2D eigenvalue weighted by molar-refractivity contribution is 0.0955. The van der Waals surface area contributed by atoms with Gasteiger partial charge in [0, 0.05) is 18.0 Å². The molecular weight excluding hydrogens is 306 g/mol. The maximum Gasteiger partial charge on any atom is 0.272 e. The third kappa shape index (κ3) is 3.53. The molecule has 0 aliphatic rings. The third-order valence-corrected chi connectivity index (χ3v) is 3.20. The Morgan fingerprint density at radius 3 is 2.77 bits per heavy atom. The number of methoxy groups -OCH3 is 2. The molecule has 7 heteroatoms. The van der Waals surface area contributed by atoms with Gasteiger partial charge in [0.1, 0.15) is 0 Å². The summed E-state index contributed by atoms with van der Waals surface area (Å²) in [6.45, 7) is 0. The van der Waals surface area contributed by atoms with Crippen molar-refractivity contribution in [2.45, 2.75) is 0 Å². The summed E-state index contributed by atoms with van der Waals surface area (Å²) in [5.74, 6) is 0.566. The normalized spacial score (nSPS) is 10.5. The number of halogens is 1. The van der Waals surface area contributed by atoms with Gasteiger partial charge in [0.25, 0.3) is 5.91 Å². The molecule has 1 amide bonds. The molecule has 0 fully saturated rings. The fourth-order valence-corrected chi connectivity index (χ4v) is 2.01. The number of hydrogen-bond donors (Lipinski definition) is 1. The molecule has 0 bridgehead atoms. The van der Waals surface area contributed by atoms with Crippen LogP contribution in [0.5, 0.6) is 11.5 Å². The molecule has 0 unspecified atom stereocenters. The minimum atomic E-state index is -0.360. The number of rotatable bonds is 5. The molecule has 1 N–H and O–H groups in total. The molecule has 1 aromatic heterocycles. The van der Waals surface area contributed by atoms with E-state index in [1.165, 1.54) is 26.6 Å². The molecule has 1 aromatic carbocycles. The number of nitrogens with one attached hydrogen (secondary N) is 1. The van der Waals surface area contributed by atoms with Gasteiger partial charge in [0.2, 0.25) is 0 Å². The molecule has 0 aliphatic heterocycles. The quantitative estimate of drug-likeness (QED) is 0.679. The number of hydrogen-bond acceptors (Lipinski definition) is 5. The molecule has 114 valence electrons. The van der Waals surface area contributed by atoms with E-state index in [-0.39, 0.29) is 5.91 Å². The number of aromatic nitrogens is 1. The van der Waals surface area contributed by atoms with Gasteiger partial charge in [-0.05, 0) is 24.3 Å². The van der Waals surface area contributed by atoms with Crippen LogP contribution in [0.2, 0.25) is 5.02 Å². The number of nitrogens with zero attached hydrogens (tertiary/aromatic N) is 2. The van der Waals surface area contributed by atoms with Gasteiger partial charge < -0.3 is 9.47 Å². The Kier molecular flexibility index (Phi) is 5.32. The van der Waals surface area contributed by atoms with Crippen LogP contribution in [0, 0.1) is 0 Å². The Labute approximate surface area is 132 Å². The van der Waals surface area contributed by atoms with Crippen LogP contribution in [0.25, 0.3) is 0 Å². The SMILES string of the molecule is COc1ccc(/C=N\NC(=O)c2cccnc2)c(Cl)c1OC. The summed E-state index contributed by atoms with van der Waals surface area (Å²) in [7, 11) is 3.02. The van der Waals surface area contributed by atoms with Gasteiger partial charge in [0.15, 0.2) is 11.5 Å². The predicted octanol–water partition coefficient (Wildman–Crippen LogP) is 2.52. The number of pyridine rings is 1. The zero-order valence-corrected chi connectivity index (χ0v) is 12.8. The number of ether oxygens (including phenoxy) is 2. The van der Waals surface area contributed by atoms with Gasteiger partial charge >= 0.3 is 0 Å². The minimum absolute atomic E-state index is 0.348. The van der Waals surface area contributed by atoms with Crippen molar-refractivity contribution in [1.82, 2.24) is 10.4 Å². The van der Waals surface area contributed by atoms with Crippen molar-refractivity contribution in [3.05, 3.63) is 52.8 Å². The van der Waals surface area contributed by atoms with Gasteiger partial charge in [-0.25, -0.2) is 5.43 Å². The summed E-state index contributed by atoms with van der Waals surface area (Å²) in [5, 5.41) is 4.22. The van der Waals surface area contributed by atoms with Crippen molar-refractivity contribution >= 4 is 23.7 Å². The number of amides is 1. The topological polar surface area (TPSA) is 72.8 Å². The standard InChI is InChI=1S/C15H14ClN3O3/c1-21-12-6-5-10(13(16)14(12)22-2)9-18-19-15(20)11-4-3-7-17-8-11/h3-9H,1-2H3,(H,19,20)/b18-9-. The molecule has 0 radical (unpaired) electrons. The average molecular weight is 320 g/mol. The maximum absolute atomic E-state index is 11.8. The van der Waals surface area contributed by atoms with Crippen LogP contribution < -0.4 is 14.9 Å². The van der Waals surface area contributed by atoms with Gasteiger partial charge in [-0.1, -0.05) is 11.6 Å². The zero-order valence-electron chi connectivity index (χ0n) is 12.0. The van der Waals surface area contributed by atoms with Gasteiger partial charge in [0.05, 0.1) is 31.0 Å². The van der Waals surface area contributed by atoms with E-state index in [0.717, 1.165) is 0 Å². The van der Waals surface area contributed by atoms with Crippen LogP contribution in [-0.4, -0.2) is 31.3 Å². The monoisotopic (exact) mass is 319 g/mol. The van der Waals surface area contributed by atoms with Crippen LogP contribution in [0.15, 0.2) is 41.8 Å². The van der Waals surface area contributed by atoms with E-state index in [9.17, 15) is 4.79 Å². The molecule has 22 heavy (non-hydrogen) atoms. The summed E-state index contributed by atoms with van der Waals surface area (Å²) >= 11 is 6.21. The molecule has 0 aliphatic carbocycles. The minimum Gasteiger partial charge on any atom is -0.493 e. The molecule has 0 spiro atoms. The highest BCUT2D eigenvalue weighted by molar-refractivity contribution is 6.34. The second-order valence-electron chi connectivity index (χ2n) is 4.15. The lowest BCUT2D eigenvalue weighted by Gasteiger charge is -2.10. The van der Waals surface area contributed by atoms with Crippen molar-refractivity contribution in [2.24, 2.45) is 5.10 Å². The molecule has 0 atom stereocenters. The zero-order chi connectivity index (χ0) is 15.9. The van der Waals surface area contributed by atoms with E-state index in [1.807, 2.05) is 0 Å². The smallest absolute Gasteiger partial charge is 0.272 e. The summed E-state index contributed by atoms with van der Waals surface area (Å²) in [4.78, 5) is 15.7. The molecule has 6 nitrogen and oxygen atoms in total. The van der Waals surface area contributed by atoms with E-state index >= 15 is 0 Å².